The number of rotatable bonds is 7. The minimum Gasteiger partial charge on any atom is -0.379 e. The van der Waals surface area contributed by atoms with E-state index in [1.165, 1.54) is 0 Å². The number of thiazole rings is 1. The predicted octanol–water partition coefficient (Wildman–Crippen LogP) is 3.00. The van der Waals surface area contributed by atoms with E-state index in [0.29, 0.717) is 0 Å². The van der Waals surface area contributed by atoms with Gasteiger partial charge >= 0.3 is 0 Å². The van der Waals surface area contributed by atoms with Crippen molar-refractivity contribution in [1.82, 2.24) is 10.4 Å². The molecule has 0 radical (unpaired) electrons. The van der Waals surface area contributed by atoms with Gasteiger partial charge in [0.05, 0.1) is 16.3 Å². The fourth-order valence-corrected chi connectivity index (χ4v) is 3.11. The molecular formula is C16H23N3OS. The zero-order chi connectivity index (χ0) is 15.3. The number of ether oxygens (including phenoxy) is 1. The Kier molecular flexibility index (Phi) is 5.47. The van der Waals surface area contributed by atoms with Crippen LogP contribution >= 0.6 is 11.3 Å². The van der Waals surface area contributed by atoms with Gasteiger partial charge in [-0.1, -0.05) is 30.3 Å². The van der Waals surface area contributed by atoms with Gasteiger partial charge in [0.1, 0.15) is 0 Å². The van der Waals surface area contributed by atoms with E-state index in [-0.39, 0.29) is 11.6 Å². The van der Waals surface area contributed by atoms with E-state index in [2.05, 4.69) is 36.8 Å². The van der Waals surface area contributed by atoms with Crippen molar-refractivity contribution in [3.05, 3.63) is 40.7 Å². The largest absolute Gasteiger partial charge is 0.379 e. The van der Waals surface area contributed by atoms with Crippen LogP contribution in [0.3, 0.4) is 0 Å². The Labute approximate surface area is 130 Å². The van der Waals surface area contributed by atoms with Gasteiger partial charge in [-0.05, 0) is 20.3 Å². The molecule has 1 aromatic heterocycles. The molecule has 4 nitrogen and oxygen atoms in total. The first kappa shape index (κ1) is 16.1. The van der Waals surface area contributed by atoms with Crippen LogP contribution in [0.5, 0.6) is 0 Å². The first-order valence-corrected chi connectivity index (χ1v) is 7.93. The van der Waals surface area contributed by atoms with Gasteiger partial charge in [-0.25, -0.2) is 4.98 Å². The van der Waals surface area contributed by atoms with Crippen LogP contribution < -0.4 is 11.3 Å². The Morgan fingerprint density at radius 1 is 1.33 bits per heavy atom. The van der Waals surface area contributed by atoms with Crippen LogP contribution in [0, 0.1) is 0 Å². The van der Waals surface area contributed by atoms with Crippen LogP contribution in [0.2, 0.25) is 0 Å². The molecule has 1 atom stereocenters. The number of methoxy groups -OCH3 is 1. The number of nitrogens with one attached hydrogen (secondary N) is 1. The summed E-state index contributed by atoms with van der Waals surface area (Å²) in [7, 11) is 1.73. The molecule has 0 saturated carbocycles. The van der Waals surface area contributed by atoms with Crippen molar-refractivity contribution in [3.8, 4) is 11.3 Å². The maximum Gasteiger partial charge on any atom is 0.0948 e. The highest BCUT2D eigenvalue weighted by Crippen LogP contribution is 2.24. The summed E-state index contributed by atoms with van der Waals surface area (Å²) in [6, 6.07) is 10.4. The quantitative estimate of drug-likeness (QED) is 0.610. The minimum atomic E-state index is -0.198. The number of nitrogens with two attached hydrogens (primary N) is 1. The Morgan fingerprint density at radius 3 is 2.67 bits per heavy atom. The van der Waals surface area contributed by atoms with E-state index in [1.807, 2.05) is 18.2 Å². The zero-order valence-electron chi connectivity index (χ0n) is 12.8. The van der Waals surface area contributed by atoms with Crippen molar-refractivity contribution >= 4 is 11.3 Å². The number of nitrogens with zero attached hydrogens (tertiary/aromatic N) is 1. The lowest BCUT2D eigenvalue weighted by atomic mass is 9.97. The summed E-state index contributed by atoms with van der Waals surface area (Å²) < 4.78 is 5.47. The molecule has 114 valence electrons. The van der Waals surface area contributed by atoms with Crippen molar-refractivity contribution in [3.63, 3.8) is 0 Å². The summed E-state index contributed by atoms with van der Waals surface area (Å²) in [5.41, 5.74) is 4.85. The van der Waals surface area contributed by atoms with E-state index in [4.69, 9.17) is 15.6 Å². The highest BCUT2D eigenvalue weighted by atomic mass is 32.1. The molecule has 1 unspecified atom stereocenters. The Morgan fingerprint density at radius 2 is 2.05 bits per heavy atom. The fraction of sp³-hybridized carbons (Fsp3) is 0.438. The number of aromatic nitrogens is 1. The van der Waals surface area contributed by atoms with Gasteiger partial charge in [0.25, 0.3) is 0 Å². The van der Waals surface area contributed by atoms with Crippen LogP contribution in [0.25, 0.3) is 11.3 Å². The summed E-state index contributed by atoms with van der Waals surface area (Å²) in [5, 5.41) is 3.18. The molecule has 0 spiro atoms. The normalized spacial score (nSPS) is 13.3. The van der Waals surface area contributed by atoms with Crippen molar-refractivity contribution in [2.75, 3.05) is 7.11 Å². The molecule has 0 saturated heterocycles. The van der Waals surface area contributed by atoms with Crippen molar-refractivity contribution < 1.29 is 4.74 Å². The van der Waals surface area contributed by atoms with Crippen molar-refractivity contribution in [2.45, 2.75) is 38.3 Å². The van der Waals surface area contributed by atoms with E-state index in [9.17, 15) is 0 Å². The van der Waals surface area contributed by atoms with E-state index < -0.39 is 0 Å². The van der Waals surface area contributed by atoms with Gasteiger partial charge in [-0.3, -0.25) is 11.3 Å². The highest BCUT2D eigenvalue weighted by Gasteiger charge is 2.23. The molecule has 0 aliphatic carbocycles. The molecule has 0 fully saturated rings. The third-order valence-electron chi connectivity index (χ3n) is 3.57. The first-order valence-electron chi connectivity index (χ1n) is 7.05. The second-order valence-electron chi connectivity index (χ2n) is 5.73. The molecule has 5 heteroatoms. The smallest absolute Gasteiger partial charge is 0.0948 e. The van der Waals surface area contributed by atoms with Gasteiger partial charge < -0.3 is 4.74 Å². The van der Waals surface area contributed by atoms with Crippen molar-refractivity contribution in [2.24, 2.45) is 5.84 Å². The molecular weight excluding hydrogens is 282 g/mol. The first-order chi connectivity index (χ1) is 10.0. The molecule has 0 amide bonds. The van der Waals surface area contributed by atoms with Gasteiger partial charge in [-0.15, -0.1) is 11.3 Å². The second-order valence-corrected chi connectivity index (χ2v) is 6.67. The maximum absolute atomic E-state index is 5.67. The average Bonchev–Trinajstić information content (AvgIpc) is 2.96. The van der Waals surface area contributed by atoms with E-state index in [0.717, 1.165) is 29.1 Å². The molecule has 2 rings (SSSR count). The predicted molar refractivity (Wildman–Crippen MR) is 88.1 cm³/mol. The molecule has 0 aliphatic rings. The third-order valence-corrected chi connectivity index (χ3v) is 4.44. The van der Waals surface area contributed by atoms with Gasteiger partial charge in [0.2, 0.25) is 0 Å². The van der Waals surface area contributed by atoms with Crippen molar-refractivity contribution in [1.29, 1.82) is 0 Å². The lowest BCUT2D eigenvalue weighted by molar-refractivity contribution is 0.00710. The number of hydrazine groups is 1. The monoisotopic (exact) mass is 305 g/mol. The SMILES string of the molecule is COC(C)(C)CC(Cc1nc(-c2ccccc2)cs1)NN. The molecule has 2 aromatic rings. The summed E-state index contributed by atoms with van der Waals surface area (Å²) in [6.07, 6.45) is 1.64. The van der Waals surface area contributed by atoms with Crippen LogP contribution in [-0.4, -0.2) is 23.7 Å². The van der Waals surface area contributed by atoms with Crippen LogP contribution in [0.4, 0.5) is 0 Å². The number of benzene rings is 1. The molecule has 1 aromatic carbocycles. The Balaban J connectivity index is 2.04. The van der Waals surface area contributed by atoms with Gasteiger partial charge in [-0.2, -0.15) is 0 Å². The van der Waals surface area contributed by atoms with E-state index >= 15 is 0 Å². The summed E-state index contributed by atoms with van der Waals surface area (Å²) in [4.78, 5) is 4.71. The fourth-order valence-electron chi connectivity index (χ4n) is 2.22. The Bertz CT molecular complexity index is 554. The highest BCUT2D eigenvalue weighted by molar-refractivity contribution is 7.09. The summed E-state index contributed by atoms with van der Waals surface area (Å²) >= 11 is 1.67. The molecule has 1 heterocycles. The van der Waals surface area contributed by atoms with E-state index in [1.54, 1.807) is 18.4 Å². The molecule has 0 bridgehead atoms. The number of hydrogen-bond donors (Lipinski definition) is 2. The average molecular weight is 305 g/mol. The van der Waals surface area contributed by atoms with Crippen LogP contribution in [-0.2, 0) is 11.2 Å². The third kappa shape index (κ3) is 4.61. The minimum absolute atomic E-state index is 0.148. The summed E-state index contributed by atoms with van der Waals surface area (Å²) in [5.74, 6) is 5.67. The maximum atomic E-state index is 5.67. The zero-order valence-corrected chi connectivity index (χ0v) is 13.6. The molecule has 0 aliphatic heterocycles. The number of hydrogen-bond acceptors (Lipinski definition) is 5. The topological polar surface area (TPSA) is 60.2 Å². The van der Waals surface area contributed by atoms with Gasteiger partial charge in [0.15, 0.2) is 0 Å². The Hall–Kier alpha value is -1.27. The standard InChI is InChI=1S/C16H23N3OS/c1-16(2,20-3)10-13(19-17)9-15-18-14(11-21-15)12-7-5-4-6-8-12/h4-8,11,13,19H,9-10,17H2,1-3H3. The van der Waals surface area contributed by atoms with Crippen LogP contribution in [0.15, 0.2) is 35.7 Å². The molecule has 21 heavy (non-hydrogen) atoms. The second kappa shape index (κ2) is 7.13. The lowest BCUT2D eigenvalue weighted by Crippen LogP contribution is -2.42. The van der Waals surface area contributed by atoms with Crippen LogP contribution in [0.1, 0.15) is 25.3 Å². The lowest BCUT2D eigenvalue weighted by Gasteiger charge is -2.27. The summed E-state index contributed by atoms with van der Waals surface area (Å²) in [6.45, 7) is 4.13. The van der Waals surface area contributed by atoms with Gasteiger partial charge in [0, 0.05) is 30.5 Å². The molecule has 3 N–H and O–H groups in total.